The summed E-state index contributed by atoms with van der Waals surface area (Å²) in [6, 6.07) is 0. The molecule has 0 aliphatic carbocycles. The molecule has 0 aromatic carbocycles. The second kappa shape index (κ2) is 3.76. The van der Waals surface area contributed by atoms with Crippen molar-refractivity contribution in [1.82, 2.24) is 14.9 Å². The van der Waals surface area contributed by atoms with Crippen LogP contribution in [0, 0.1) is 6.92 Å². The summed E-state index contributed by atoms with van der Waals surface area (Å²) < 4.78 is 24.7. The number of carboxylic acids is 1. The van der Waals surface area contributed by atoms with Crippen LogP contribution in [0.4, 0.5) is 0 Å². The molecule has 0 unspecified atom stereocenters. The number of aromatic amines is 1. The number of sulfonamides is 1. The first-order chi connectivity index (χ1) is 6.43. The van der Waals surface area contributed by atoms with Crippen LogP contribution in [0.15, 0.2) is 11.1 Å². The molecule has 8 heteroatoms. The number of H-pyrrole nitrogens is 1. The molecule has 0 aliphatic heterocycles. The maximum absolute atomic E-state index is 11.4. The van der Waals surface area contributed by atoms with Crippen LogP contribution in [0.5, 0.6) is 0 Å². The van der Waals surface area contributed by atoms with Gasteiger partial charge in [0.2, 0.25) is 10.0 Å². The lowest BCUT2D eigenvalue weighted by Gasteiger charge is -2.01. The number of aliphatic carboxylic acids is 1. The molecule has 0 saturated heterocycles. The second-order valence-corrected chi connectivity index (χ2v) is 4.31. The summed E-state index contributed by atoms with van der Waals surface area (Å²) >= 11 is 0. The fourth-order valence-corrected chi connectivity index (χ4v) is 1.95. The van der Waals surface area contributed by atoms with Gasteiger partial charge in [-0.2, -0.15) is 9.82 Å². The molecule has 7 nitrogen and oxygen atoms in total. The molecule has 0 atom stereocenters. The van der Waals surface area contributed by atoms with Crippen LogP contribution >= 0.6 is 0 Å². The van der Waals surface area contributed by atoms with Crippen LogP contribution in [-0.2, 0) is 14.8 Å². The van der Waals surface area contributed by atoms with Crippen molar-refractivity contribution < 1.29 is 18.3 Å². The van der Waals surface area contributed by atoms with E-state index in [-0.39, 0.29) is 4.90 Å². The standard InChI is InChI=1S/C6H9N3O4S/c1-4-5(2-7-9-4)14(12,13)8-3-6(10)11/h2,8H,3H2,1H3,(H,7,9)(H,10,11). The predicted octanol–water partition coefficient (Wildman–Crippen LogP) is -0.919. The molecule has 0 fully saturated rings. The average Bonchev–Trinajstić information content (AvgIpc) is 2.48. The normalized spacial score (nSPS) is 11.5. The Balaban J connectivity index is 2.87. The van der Waals surface area contributed by atoms with Crippen molar-refractivity contribution in [2.45, 2.75) is 11.8 Å². The van der Waals surface area contributed by atoms with E-state index in [0.29, 0.717) is 5.69 Å². The molecule has 0 spiro atoms. The van der Waals surface area contributed by atoms with Gasteiger partial charge in [0.1, 0.15) is 11.4 Å². The fourth-order valence-electron chi connectivity index (χ4n) is 0.845. The molecule has 78 valence electrons. The molecule has 3 N–H and O–H groups in total. The summed E-state index contributed by atoms with van der Waals surface area (Å²) in [5.41, 5.74) is 0.364. The van der Waals surface area contributed by atoms with E-state index in [4.69, 9.17) is 5.11 Å². The lowest BCUT2D eigenvalue weighted by molar-refractivity contribution is -0.135. The molecule has 0 radical (unpaired) electrons. The van der Waals surface area contributed by atoms with E-state index in [1.165, 1.54) is 6.92 Å². The Bertz CT molecular complexity index is 436. The zero-order chi connectivity index (χ0) is 10.8. The van der Waals surface area contributed by atoms with Crippen molar-refractivity contribution in [2.24, 2.45) is 0 Å². The summed E-state index contributed by atoms with van der Waals surface area (Å²) in [5, 5.41) is 14.3. The average molecular weight is 219 g/mol. The maximum Gasteiger partial charge on any atom is 0.318 e. The van der Waals surface area contributed by atoms with Gasteiger partial charge in [0.25, 0.3) is 0 Å². The lowest BCUT2D eigenvalue weighted by atomic mass is 10.5. The molecule has 1 aromatic rings. The van der Waals surface area contributed by atoms with E-state index in [2.05, 4.69) is 10.2 Å². The summed E-state index contributed by atoms with van der Waals surface area (Å²) in [7, 11) is -3.77. The van der Waals surface area contributed by atoms with Crippen molar-refractivity contribution in [2.75, 3.05) is 6.54 Å². The third kappa shape index (κ3) is 2.30. The Labute approximate surface area is 80.2 Å². The number of nitrogens with one attached hydrogen (secondary N) is 2. The fraction of sp³-hybridized carbons (Fsp3) is 0.333. The Morgan fingerprint density at radius 3 is 2.79 bits per heavy atom. The minimum absolute atomic E-state index is 0.0428. The highest BCUT2D eigenvalue weighted by molar-refractivity contribution is 7.89. The van der Waals surface area contributed by atoms with Crippen LogP contribution in [0.1, 0.15) is 5.69 Å². The maximum atomic E-state index is 11.4. The van der Waals surface area contributed by atoms with Crippen molar-refractivity contribution >= 4 is 16.0 Å². The Hall–Kier alpha value is -1.41. The van der Waals surface area contributed by atoms with E-state index in [1.807, 2.05) is 4.72 Å². The third-order valence-electron chi connectivity index (χ3n) is 1.49. The summed E-state index contributed by atoms with van der Waals surface area (Å²) in [5.74, 6) is -1.24. The van der Waals surface area contributed by atoms with Gasteiger partial charge in [-0.25, -0.2) is 8.42 Å². The third-order valence-corrected chi connectivity index (χ3v) is 3.00. The topological polar surface area (TPSA) is 112 Å². The predicted molar refractivity (Wildman–Crippen MR) is 46.1 cm³/mol. The van der Waals surface area contributed by atoms with Gasteiger partial charge in [-0.3, -0.25) is 9.89 Å². The Morgan fingerprint density at radius 1 is 1.71 bits per heavy atom. The number of carboxylic acid groups (broad SMARTS) is 1. The zero-order valence-electron chi connectivity index (χ0n) is 7.31. The lowest BCUT2D eigenvalue weighted by Crippen LogP contribution is -2.29. The van der Waals surface area contributed by atoms with Crippen LogP contribution in [0.3, 0.4) is 0 Å². The number of aromatic nitrogens is 2. The molecule has 14 heavy (non-hydrogen) atoms. The van der Waals surface area contributed by atoms with Gasteiger partial charge in [0.15, 0.2) is 0 Å². The van der Waals surface area contributed by atoms with Crippen molar-refractivity contribution in [3.63, 3.8) is 0 Å². The summed E-state index contributed by atoms with van der Waals surface area (Å²) in [6.45, 7) is 0.884. The van der Waals surface area contributed by atoms with Crippen LogP contribution in [0.25, 0.3) is 0 Å². The van der Waals surface area contributed by atoms with Gasteiger partial charge >= 0.3 is 5.97 Å². The molecular formula is C6H9N3O4S. The van der Waals surface area contributed by atoms with Crippen LogP contribution < -0.4 is 4.72 Å². The highest BCUT2D eigenvalue weighted by Gasteiger charge is 2.18. The van der Waals surface area contributed by atoms with E-state index in [0.717, 1.165) is 6.20 Å². The van der Waals surface area contributed by atoms with Gasteiger partial charge in [-0.15, -0.1) is 0 Å². The van der Waals surface area contributed by atoms with E-state index < -0.39 is 22.5 Å². The minimum atomic E-state index is -3.77. The smallest absolute Gasteiger partial charge is 0.318 e. The van der Waals surface area contributed by atoms with Crippen molar-refractivity contribution in [3.05, 3.63) is 11.9 Å². The highest BCUT2D eigenvalue weighted by atomic mass is 32.2. The van der Waals surface area contributed by atoms with Crippen molar-refractivity contribution in [1.29, 1.82) is 0 Å². The van der Waals surface area contributed by atoms with Gasteiger partial charge in [-0.1, -0.05) is 0 Å². The first-order valence-electron chi connectivity index (χ1n) is 3.65. The monoisotopic (exact) mass is 219 g/mol. The molecular weight excluding hydrogens is 210 g/mol. The molecule has 1 aromatic heterocycles. The van der Waals surface area contributed by atoms with Gasteiger partial charge in [-0.05, 0) is 6.92 Å². The first-order valence-corrected chi connectivity index (χ1v) is 5.13. The second-order valence-electron chi connectivity index (χ2n) is 2.58. The van der Waals surface area contributed by atoms with Gasteiger partial charge < -0.3 is 5.11 Å². The van der Waals surface area contributed by atoms with Gasteiger partial charge in [0, 0.05) is 0 Å². The molecule has 1 rings (SSSR count). The van der Waals surface area contributed by atoms with E-state index in [9.17, 15) is 13.2 Å². The number of hydrogen-bond acceptors (Lipinski definition) is 4. The quantitative estimate of drug-likeness (QED) is 0.606. The van der Waals surface area contributed by atoms with Crippen molar-refractivity contribution in [3.8, 4) is 0 Å². The molecule has 0 saturated carbocycles. The SMILES string of the molecule is Cc1[nH]ncc1S(=O)(=O)NCC(=O)O. The zero-order valence-corrected chi connectivity index (χ0v) is 8.13. The van der Waals surface area contributed by atoms with E-state index in [1.54, 1.807) is 0 Å². The summed E-state index contributed by atoms with van der Waals surface area (Å²) in [4.78, 5) is 10.1. The number of carbonyl (C=O) groups is 1. The van der Waals surface area contributed by atoms with E-state index >= 15 is 0 Å². The summed E-state index contributed by atoms with van der Waals surface area (Å²) in [6.07, 6.45) is 1.12. The minimum Gasteiger partial charge on any atom is -0.480 e. The molecule has 0 amide bonds. The van der Waals surface area contributed by atoms with Crippen LogP contribution in [-0.4, -0.2) is 36.2 Å². The molecule has 0 bridgehead atoms. The molecule has 0 aliphatic rings. The number of hydrogen-bond donors (Lipinski definition) is 3. The Kier molecular flexibility index (Phi) is 2.87. The number of aryl methyl sites for hydroxylation is 1. The number of rotatable bonds is 4. The first kappa shape index (κ1) is 10.7. The largest absolute Gasteiger partial charge is 0.480 e. The number of nitrogens with zero attached hydrogens (tertiary/aromatic N) is 1. The van der Waals surface area contributed by atoms with Crippen LogP contribution in [0.2, 0.25) is 0 Å². The molecule has 1 heterocycles. The highest BCUT2D eigenvalue weighted by Crippen LogP contribution is 2.09. The Morgan fingerprint density at radius 2 is 2.36 bits per heavy atom. The van der Waals surface area contributed by atoms with Gasteiger partial charge in [0.05, 0.1) is 11.9 Å².